The minimum absolute atomic E-state index is 0.0828. The van der Waals surface area contributed by atoms with Crippen LogP contribution in [0.4, 0.5) is 13.2 Å². The van der Waals surface area contributed by atoms with E-state index in [4.69, 9.17) is 21.5 Å². The van der Waals surface area contributed by atoms with E-state index >= 15 is 0 Å². The van der Waals surface area contributed by atoms with Gasteiger partial charge in [0.1, 0.15) is 11.5 Å². The third kappa shape index (κ3) is 6.76. The van der Waals surface area contributed by atoms with Gasteiger partial charge in [0.2, 0.25) is 0 Å². The number of carboxylic acid groups (broad SMARTS) is 2. The number of hydrogen-bond acceptors (Lipinski definition) is 5. The lowest BCUT2D eigenvalue weighted by molar-refractivity contribution is -0.192. The third-order valence-corrected chi connectivity index (χ3v) is 7.52. The molecule has 1 fully saturated rings. The van der Waals surface area contributed by atoms with E-state index < -0.39 is 35.5 Å². The van der Waals surface area contributed by atoms with Gasteiger partial charge >= 0.3 is 18.1 Å². The zero-order chi connectivity index (χ0) is 26.8. The van der Waals surface area contributed by atoms with Gasteiger partial charge in [-0.05, 0) is 51.5 Å². The summed E-state index contributed by atoms with van der Waals surface area (Å²) in [6.45, 7) is 6.30. The number of halogens is 5. The van der Waals surface area contributed by atoms with Gasteiger partial charge in [0.15, 0.2) is 0 Å². The summed E-state index contributed by atoms with van der Waals surface area (Å²) >= 11 is 11.2. The first-order chi connectivity index (χ1) is 16.0. The Balaban J connectivity index is 0.000000540. The summed E-state index contributed by atoms with van der Waals surface area (Å²) in [5, 5.41) is 33.4. The summed E-state index contributed by atoms with van der Waals surface area (Å²) < 4.78 is 32.6. The van der Waals surface area contributed by atoms with E-state index in [0.29, 0.717) is 11.4 Å². The number of thiophene rings is 1. The molecule has 35 heavy (non-hydrogen) atoms. The van der Waals surface area contributed by atoms with Crippen LogP contribution in [-0.2, 0) is 15.0 Å². The van der Waals surface area contributed by atoms with Gasteiger partial charge in [0.25, 0.3) is 0 Å². The van der Waals surface area contributed by atoms with E-state index in [9.17, 15) is 28.3 Å². The molecule has 1 aliphatic heterocycles. The molecule has 4 atom stereocenters. The molecule has 0 amide bonds. The molecule has 12 heteroatoms. The van der Waals surface area contributed by atoms with Crippen LogP contribution in [0.1, 0.15) is 43.6 Å². The van der Waals surface area contributed by atoms with Gasteiger partial charge in [-0.1, -0.05) is 44.5 Å². The second-order valence-corrected chi connectivity index (χ2v) is 11.5. The number of carbonyl (C=O) groups is 2. The van der Waals surface area contributed by atoms with E-state index in [0.717, 1.165) is 14.9 Å². The predicted octanol–water partition coefficient (Wildman–Crippen LogP) is 6.20. The lowest BCUT2D eigenvalue weighted by atomic mass is 9.65. The monoisotopic (exact) mass is 594 g/mol. The molecule has 0 saturated carbocycles. The van der Waals surface area contributed by atoms with Crippen molar-refractivity contribution in [1.29, 1.82) is 5.26 Å². The predicted molar refractivity (Wildman–Crippen MR) is 130 cm³/mol. The van der Waals surface area contributed by atoms with Crippen LogP contribution in [0, 0.1) is 16.7 Å². The van der Waals surface area contributed by atoms with Crippen molar-refractivity contribution in [3.63, 3.8) is 0 Å². The molecular weight excluding hydrogens is 573 g/mol. The molecule has 1 aromatic carbocycles. The molecule has 0 bridgehead atoms. The summed E-state index contributed by atoms with van der Waals surface area (Å²) in [6.07, 6.45) is -4.42. The van der Waals surface area contributed by atoms with E-state index in [1.807, 2.05) is 17.5 Å². The maximum absolute atomic E-state index is 12.2. The normalized spacial score (nSPS) is 24.3. The van der Waals surface area contributed by atoms with Gasteiger partial charge in [0.05, 0.1) is 6.07 Å². The molecule has 0 unspecified atom stereocenters. The molecular formula is C23H23BrClF3N2O4S. The molecule has 2 aromatic rings. The minimum atomic E-state index is -5.08. The van der Waals surface area contributed by atoms with Gasteiger partial charge < -0.3 is 10.2 Å². The third-order valence-electron chi connectivity index (χ3n) is 5.45. The number of nitriles is 1. The molecule has 0 aliphatic carbocycles. The molecule has 1 aliphatic rings. The number of aliphatic carboxylic acids is 2. The zero-order valence-corrected chi connectivity index (χ0v) is 22.0. The van der Waals surface area contributed by atoms with E-state index in [1.165, 1.54) is 11.3 Å². The van der Waals surface area contributed by atoms with Gasteiger partial charge in [-0.15, -0.1) is 11.3 Å². The van der Waals surface area contributed by atoms with Gasteiger partial charge in [0, 0.05) is 31.7 Å². The van der Waals surface area contributed by atoms with Gasteiger partial charge in [-0.25, -0.2) is 4.79 Å². The SMILES string of the molecule is CC(C)(C)C[C@@H]1N[C@@H](C(=O)O)[C@H](c2cccc(Cl)c2)[C@@]1(C#N)c1cc(Br)cs1.O=C(O)C(F)(F)F. The van der Waals surface area contributed by atoms with Crippen LogP contribution < -0.4 is 5.32 Å². The van der Waals surface area contributed by atoms with Crippen LogP contribution in [0.3, 0.4) is 0 Å². The fourth-order valence-corrected chi connectivity index (χ4v) is 6.06. The van der Waals surface area contributed by atoms with Crippen LogP contribution in [0.2, 0.25) is 5.02 Å². The maximum atomic E-state index is 12.2. The number of nitrogens with zero attached hydrogens (tertiary/aromatic N) is 1. The standard InChI is InChI=1S/C21H22BrClN2O2S.C2HF3O2/c1-20(2,3)9-15-21(11-24,16-8-13(22)10-28-16)17(18(25-15)19(26)27)12-5-4-6-14(23)7-12;3-2(4,5)1(6)7/h4-8,10,15,17-18,25H,9H2,1-3H3,(H,26,27);(H,6,7)/t15-,17-,18+,21+;/m0./s1. The molecule has 1 saturated heterocycles. The van der Waals surface area contributed by atoms with E-state index in [-0.39, 0.29) is 11.5 Å². The van der Waals surface area contributed by atoms with Gasteiger partial charge in [-0.3, -0.25) is 10.1 Å². The average Bonchev–Trinajstić information content (AvgIpc) is 3.28. The van der Waals surface area contributed by atoms with Crippen LogP contribution in [0.5, 0.6) is 0 Å². The highest BCUT2D eigenvalue weighted by Crippen LogP contribution is 2.53. The molecule has 190 valence electrons. The van der Waals surface area contributed by atoms with E-state index in [2.05, 4.69) is 48.1 Å². The van der Waals surface area contributed by atoms with E-state index in [1.54, 1.807) is 18.2 Å². The van der Waals surface area contributed by atoms with Crippen molar-refractivity contribution >= 4 is 50.8 Å². The summed E-state index contributed by atoms with van der Waals surface area (Å²) in [4.78, 5) is 22.0. The lowest BCUT2D eigenvalue weighted by Crippen LogP contribution is -2.43. The zero-order valence-electron chi connectivity index (χ0n) is 18.9. The van der Waals surface area contributed by atoms with Crippen molar-refractivity contribution in [2.45, 2.75) is 56.8 Å². The Hall–Kier alpha value is -2.13. The summed E-state index contributed by atoms with van der Waals surface area (Å²) in [5.41, 5.74) is -0.340. The van der Waals surface area contributed by atoms with Crippen LogP contribution in [0.25, 0.3) is 0 Å². The molecule has 0 spiro atoms. The minimum Gasteiger partial charge on any atom is -0.480 e. The first-order valence-electron chi connectivity index (χ1n) is 10.2. The Kier molecular flexibility index (Phi) is 9.03. The summed E-state index contributed by atoms with van der Waals surface area (Å²) in [5.74, 6) is -4.28. The largest absolute Gasteiger partial charge is 0.490 e. The Bertz CT molecular complexity index is 1130. The maximum Gasteiger partial charge on any atom is 0.490 e. The highest BCUT2D eigenvalue weighted by atomic mass is 79.9. The number of alkyl halides is 3. The number of rotatable bonds is 4. The average molecular weight is 596 g/mol. The second-order valence-electron chi connectivity index (χ2n) is 9.25. The number of nitrogens with one attached hydrogen (secondary N) is 1. The Labute approximate surface area is 217 Å². The van der Waals surface area contributed by atoms with Crippen molar-refractivity contribution in [2.75, 3.05) is 0 Å². The second kappa shape index (κ2) is 10.9. The fraction of sp³-hybridized carbons (Fsp3) is 0.435. The van der Waals surface area contributed by atoms with Crippen molar-refractivity contribution in [3.8, 4) is 6.07 Å². The molecule has 3 rings (SSSR count). The highest BCUT2D eigenvalue weighted by molar-refractivity contribution is 9.10. The molecule has 3 N–H and O–H groups in total. The van der Waals surface area contributed by atoms with Crippen molar-refractivity contribution in [2.24, 2.45) is 5.41 Å². The Morgan fingerprint density at radius 2 is 1.86 bits per heavy atom. The molecule has 0 radical (unpaired) electrons. The van der Waals surface area contributed by atoms with Crippen molar-refractivity contribution in [1.82, 2.24) is 5.32 Å². The number of carboxylic acids is 2. The topological polar surface area (TPSA) is 110 Å². The van der Waals surface area contributed by atoms with Crippen LogP contribution in [-0.4, -0.2) is 40.4 Å². The highest BCUT2D eigenvalue weighted by Gasteiger charge is 2.60. The quantitative estimate of drug-likeness (QED) is 0.388. The number of hydrogen-bond donors (Lipinski definition) is 3. The smallest absolute Gasteiger partial charge is 0.480 e. The van der Waals surface area contributed by atoms with Crippen molar-refractivity contribution in [3.05, 3.63) is 55.6 Å². The first kappa shape index (κ1) is 29.1. The fourth-order valence-electron chi connectivity index (χ4n) is 4.18. The molecule has 2 heterocycles. The van der Waals surface area contributed by atoms with Crippen LogP contribution >= 0.6 is 38.9 Å². The lowest BCUT2D eigenvalue weighted by Gasteiger charge is -2.36. The van der Waals surface area contributed by atoms with Crippen LogP contribution in [0.15, 0.2) is 40.2 Å². The Morgan fingerprint density at radius 1 is 1.26 bits per heavy atom. The molecule has 6 nitrogen and oxygen atoms in total. The van der Waals surface area contributed by atoms with Crippen molar-refractivity contribution < 1.29 is 33.0 Å². The molecule has 1 aromatic heterocycles. The first-order valence-corrected chi connectivity index (χ1v) is 12.3. The summed E-state index contributed by atoms with van der Waals surface area (Å²) in [6, 6.07) is 10.5. The Morgan fingerprint density at radius 3 is 2.26 bits per heavy atom. The number of benzene rings is 1. The van der Waals surface area contributed by atoms with Gasteiger partial charge in [-0.2, -0.15) is 18.4 Å². The summed E-state index contributed by atoms with van der Waals surface area (Å²) in [7, 11) is 0.